The van der Waals surface area contributed by atoms with Crippen molar-refractivity contribution >= 4 is 80.5 Å². The first-order chi connectivity index (χ1) is 67.1. The van der Waals surface area contributed by atoms with Crippen molar-refractivity contribution < 1.29 is 33.6 Å². The number of aromatic nitrogens is 4. The van der Waals surface area contributed by atoms with Gasteiger partial charge in [0, 0.05) is 96.6 Å². The molecule has 0 radical (unpaired) electrons. The molecular formula is C136H222N4O7. The minimum atomic E-state index is -0.380. The summed E-state index contributed by atoms with van der Waals surface area (Å²) >= 11 is 0. The lowest BCUT2D eigenvalue weighted by molar-refractivity contribution is 0.0844. The number of pyridine rings is 3. The van der Waals surface area contributed by atoms with Crippen LogP contribution in [0.4, 0.5) is 0 Å². The van der Waals surface area contributed by atoms with Crippen LogP contribution in [0.1, 0.15) is 522 Å². The average Bonchev–Trinajstić information content (AvgIpc) is 1.70. The van der Waals surface area contributed by atoms with Gasteiger partial charge in [0.25, 0.3) is 0 Å². The zero-order valence-electron chi connectivity index (χ0n) is 106. The van der Waals surface area contributed by atoms with E-state index in [-0.39, 0.29) is 94.6 Å². The molecule has 0 aliphatic heterocycles. The van der Waals surface area contributed by atoms with Crippen LogP contribution in [0.2, 0.25) is 0 Å². The maximum absolute atomic E-state index is 12.3. The third-order valence-electron chi connectivity index (χ3n) is 19.8. The standard InChI is InChI=1S/3C18H24O.2C14H15NO.C10H15NO.C10H13NO.2C5H12.2C4H10.8C2H6/c3*1-17(2,3)15-10-12-7-8-13(9-14(12)11-15)16(19)18(4,5)6;1-14(2,3)13(16)11-6-7-12-10(9-11)5-4-8-15-12;1-14(2,3)13(16)12-9-8-10-6-4-5-7-11(10)15-12;1-10(2,3)9(12)8-6-5-7-11(8)4;1-10(2,3)9(12)8-6-4-5-7-11-8;2*1-5(2,3)4;2*1-4(2)3;8*1-2/h3*7-9,11H,10H2,1-6H3;2*4-9H,1-3H3;5-7H,1-4H3;4-7H,1-3H3;2*1-4H3;2*4H,1-3H3;8*1-2H3. The summed E-state index contributed by atoms with van der Waals surface area (Å²) in [5.41, 5.74) is 18.3. The van der Waals surface area contributed by atoms with Crippen molar-refractivity contribution in [1.29, 1.82) is 0 Å². The summed E-state index contributed by atoms with van der Waals surface area (Å²) in [4.78, 5) is 97.1. The van der Waals surface area contributed by atoms with E-state index in [2.05, 4.69) is 229 Å². The first kappa shape index (κ1) is 150. The molecule has 0 amide bonds. The van der Waals surface area contributed by atoms with Crippen molar-refractivity contribution in [2.24, 2.45) is 83.9 Å². The number of carbonyl (C=O) groups excluding carboxylic acids is 7. The Balaban J connectivity index is -0.000000297. The molecule has 0 fully saturated rings. The van der Waals surface area contributed by atoms with Gasteiger partial charge in [-0.2, -0.15) is 0 Å². The van der Waals surface area contributed by atoms with Crippen LogP contribution in [-0.2, 0) is 26.3 Å². The monoisotopic (exact) mass is 2020 g/mol. The molecule has 0 saturated heterocycles. The molecule has 11 nitrogen and oxygen atoms in total. The second-order valence-corrected chi connectivity index (χ2v) is 50.1. The van der Waals surface area contributed by atoms with Crippen LogP contribution in [0, 0.1) is 76.8 Å². The lowest BCUT2D eigenvalue weighted by atomic mass is 9.85. The van der Waals surface area contributed by atoms with Gasteiger partial charge in [-0.1, -0.05) is 523 Å². The molecular weight excluding hydrogens is 1800 g/mol. The smallest absolute Gasteiger partial charge is 0.186 e. The summed E-state index contributed by atoms with van der Waals surface area (Å²) in [5, 5.41) is 2.07. The van der Waals surface area contributed by atoms with Gasteiger partial charge in [-0.3, -0.25) is 43.5 Å². The van der Waals surface area contributed by atoms with E-state index in [1.165, 1.54) is 50.1 Å². The van der Waals surface area contributed by atoms with E-state index in [1.54, 1.807) is 30.6 Å². The molecule has 0 bridgehead atoms. The van der Waals surface area contributed by atoms with E-state index in [0.29, 0.717) is 22.2 Å². The number of benzene rings is 5. The summed E-state index contributed by atoms with van der Waals surface area (Å²) < 4.78 is 1.85. The van der Waals surface area contributed by atoms with E-state index in [0.717, 1.165) is 80.9 Å². The van der Waals surface area contributed by atoms with Gasteiger partial charge in [0.2, 0.25) is 0 Å². The highest BCUT2D eigenvalue weighted by Gasteiger charge is 2.33. The number of nitrogens with zero attached hydrogens (tertiary/aromatic N) is 4. The van der Waals surface area contributed by atoms with Crippen LogP contribution in [0.5, 0.6) is 0 Å². The Morgan fingerprint density at radius 1 is 0.259 bits per heavy atom. The minimum absolute atomic E-state index is 0.0817. The zero-order valence-corrected chi connectivity index (χ0v) is 106. The fourth-order valence-electron chi connectivity index (χ4n) is 12.4. The van der Waals surface area contributed by atoms with Gasteiger partial charge in [0.1, 0.15) is 11.4 Å². The predicted molar refractivity (Wildman–Crippen MR) is 654 cm³/mol. The van der Waals surface area contributed by atoms with E-state index < -0.39 is 0 Å². The molecule has 3 aliphatic rings. The first-order valence-electron chi connectivity index (χ1n) is 55.2. The van der Waals surface area contributed by atoms with Gasteiger partial charge < -0.3 is 4.57 Å². The number of hydrogen-bond acceptors (Lipinski definition) is 10. The summed E-state index contributed by atoms with van der Waals surface area (Å²) in [7, 11) is 1.89. The number of fused-ring (bicyclic) bond motifs is 5. The molecule has 147 heavy (non-hydrogen) atoms. The molecule has 0 N–H and O–H groups in total. The van der Waals surface area contributed by atoms with E-state index in [1.807, 2.05) is 371 Å². The van der Waals surface area contributed by atoms with Crippen molar-refractivity contribution in [2.75, 3.05) is 0 Å². The molecule has 3 aliphatic carbocycles. The summed E-state index contributed by atoms with van der Waals surface area (Å²) in [6.45, 7) is 123. The van der Waals surface area contributed by atoms with Gasteiger partial charge in [-0.05, 0) is 170 Å². The number of rotatable bonds is 7. The summed E-state index contributed by atoms with van der Waals surface area (Å²) in [6, 6.07) is 48.6. The van der Waals surface area contributed by atoms with E-state index >= 15 is 0 Å². The van der Waals surface area contributed by atoms with Crippen molar-refractivity contribution in [3.8, 4) is 0 Å². The van der Waals surface area contributed by atoms with Crippen LogP contribution < -0.4 is 0 Å². The summed E-state index contributed by atoms with van der Waals surface area (Å²) in [5.74, 6) is 2.84. The van der Waals surface area contributed by atoms with E-state index in [4.69, 9.17) is 0 Å². The number of ketones is 7. The van der Waals surface area contributed by atoms with Crippen LogP contribution >= 0.6 is 0 Å². The predicted octanol–water partition coefficient (Wildman–Crippen LogP) is 41.8. The minimum Gasteiger partial charge on any atom is -0.348 e. The fourth-order valence-corrected chi connectivity index (χ4v) is 12.4. The van der Waals surface area contributed by atoms with Gasteiger partial charge in [0.15, 0.2) is 40.5 Å². The Hall–Kier alpha value is -9.74. The maximum Gasteiger partial charge on any atom is 0.186 e. The zero-order chi connectivity index (χ0) is 117. The number of para-hydroxylation sites is 1. The Morgan fingerprint density at radius 3 is 0.796 bits per heavy atom. The van der Waals surface area contributed by atoms with Crippen molar-refractivity contribution in [3.05, 3.63) is 260 Å². The first-order valence-corrected chi connectivity index (χ1v) is 55.2. The SMILES string of the molecule is CC.CC.CC.CC.CC.CC.CC.CC.CC(C)(C)C.CC(C)(C)C.CC(C)(C)C(=O)c1ccc2c(c1)C=C(C(C)(C)C)C2.CC(C)(C)C(=O)c1ccc2c(c1)C=C(C(C)(C)C)C2.CC(C)(C)C(=O)c1ccc2c(c1)C=C(C(C)(C)C)C2.CC(C)(C)C(=O)c1ccc2ccccc2n1.CC(C)(C)C(=O)c1ccc2ncccc2c1.CC(C)(C)C(=O)c1ccccn1.CC(C)C.CC(C)C.Cn1cccc1C(=O)C(C)(C)C. The van der Waals surface area contributed by atoms with Crippen LogP contribution in [0.15, 0.2) is 187 Å². The van der Waals surface area contributed by atoms with Gasteiger partial charge in [-0.15, -0.1) is 0 Å². The van der Waals surface area contributed by atoms with Crippen LogP contribution in [0.3, 0.4) is 0 Å². The topological polar surface area (TPSA) is 163 Å². The largest absolute Gasteiger partial charge is 0.348 e. The molecule has 0 saturated carbocycles. The molecule has 0 unspecified atom stereocenters. The molecule has 4 heterocycles. The number of Topliss-reactive ketones (excluding diaryl/α,β-unsaturated/α-hetero) is 7. The third kappa shape index (κ3) is 61.9. The molecule has 9 aromatic rings. The lowest BCUT2D eigenvalue weighted by Gasteiger charge is -2.20. The van der Waals surface area contributed by atoms with Crippen LogP contribution in [0.25, 0.3) is 40.0 Å². The second-order valence-electron chi connectivity index (χ2n) is 50.1. The number of carbonyl (C=O) groups is 7. The van der Waals surface area contributed by atoms with Crippen molar-refractivity contribution in [1.82, 2.24) is 19.5 Å². The fraction of sp³-hybridized carbons (Fsp3) is 0.574. The van der Waals surface area contributed by atoms with Crippen molar-refractivity contribution in [3.63, 3.8) is 0 Å². The highest BCUT2D eigenvalue weighted by molar-refractivity contribution is 6.04. The molecule has 0 atom stereocenters. The Kier molecular flexibility index (Phi) is 71.1. The summed E-state index contributed by atoms with van der Waals surface area (Å²) in [6.07, 6.45) is 15.1. The van der Waals surface area contributed by atoms with Gasteiger partial charge >= 0.3 is 0 Å². The molecule has 11 heteroatoms. The maximum atomic E-state index is 12.3. The third-order valence-corrected chi connectivity index (χ3v) is 19.8. The van der Waals surface area contributed by atoms with Gasteiger partial charge in [-0.25, -0.2) is 4.98 Å². The Morgan fingerprint density at radius 2 is 0.524 bits per heavy atom. The quantitative estimate of drug-likeness (QED) is 0.140. The van der Waals surface area contributed by atoms with Crippen LogP contribution in [-0.4, -0.2) is 60.0 Å². The van der Waals surface area contributed by atoms with E-state index in [9.17, 15) is 33.6 Å². The molecule has 0 spiro atoms. The lowest BCUT2D eigenvalue weighted by Crippen LogP contribution is -2.22. The Bertz CT molecular complexity index is 5010. The number of hydrogen-bond donors (Lipinski definition) is 0. The molecule has 828 valence electrons. The molecule has 12 rings (SSSR count). The number of aryl methyl sites for hydroxylation is 1. The molecule has 4 aromatic heterocycles. The average molecular weight is 2030 g/mol. The number of allylic oxidation sites excluding steroid dienone is 3. The highest BCUT2D eigenvalue weighted by Crippen LogP contribution is 2.41. The highest BCUT2D eigenvalue weighted by atomic mass is 16.2. The second kappa shape index (κ2) is 69.6. The van der Waals surface area contributed by atoms with Gasteiger partial charge in [0.05, 0.1) is 16.7 Å². The Labute approximate surface area is 906 Å². The van der Waals surface area contributed by atoms with Crippen molar-refractivity contribution in [2.45, 2.75) is 435 Å². The molecule has 5 aromatic carbocycles. The normalized spacial score (nSPS) is 11.9.